The van der Waals surface area contributed by atoms with Crippen molar-refractivity contribution in [2.45, 2.75) is 10.6 Å². The Morgan fingerprint density at radius 3 is 2.50 bits per heavy atom. The highest BCUT2D eigenvalue weighted by atomic mass is 32.2. The summed E-state index contributed by atoms with van der Waals surface area (Å²) in [5, 5.41) is 18.7. The Labute approximate surface area is 129 Å². The van der Waals surface area contributed by atoms with Gasteiger partial charge < -0.3 is 14.9 Å². The van der Waals surface area contributed by atoms with Gasteiger partial charge in [-0.25, -0.2) is 17.9 Å². The van der Waals surface area contributed by atoms with Crippen LogP contribution in [-0.2, 0) is 24.3 Å². The molecular formula is C11H13NO8S2. The van der Waals surface area contributed by atoms with Gasteiger partial charge in [-0.2, -0.15) is 0 Å². The van der Waals surface area contributed by atoms with Gasteiger partial charge in [0.1, 0.15) is 4.21 Å². The molecular weight excluding hydrogens is 338 g/mol. The Kier molecular flexibility index (Phi) is 6.02. The van der Waals surface area contributed by atoms with E-state index in [1.165, 1.54) is 5.38 Å². The average molecular weight is 351 g/mol. The highest BCUT2D eigenvalue weighted by Gasteiger charge is 2.25. The molecule has 3 N–H and O–H groups in total. The number of carbonyl (C=O) groups is 3. The molecule has 9 nitrogen and oxygen atoms in total. The minimum Gasteiger partial charge on any atom is -0.481 e. The molecule has 0 spiro atoms. The van der Waals surface area contributed by atoms with E-state index in [1.807, 2.05) is 4.72 Å². The first-order valence-corrected chi connectivity index (χ1v) is 8.14. The SMILES string of the molecule is COC(=O)c1csc(S(=O)(=O)NCC(CC(=O)O)C(=O)O)c1. The zero-order chi connectivity index (χ0) is 16.9. The maximum absolute atomic E-state index is 12.0. The summed E-state index contributed by atoms with van der Waals surface area (Å²) >= 11 is 0.759. The lowest BCUT2D eigenvalue weighted by Crippen LogP contribution is -2.33. The molecule has 22 heavy (non-hydrogen) atoms. The summed E-state index contributed by atoms with van der Waals surface area (Å²) in [6.45, 7) is -0.574. The summed E-state index contributed by atoms with van der Waals surface area (Å²) in [7, 11) is -2.89. The predicted molar refractivity (Wildman–Crippen MR) is 74.2 cm³/mol. The number of carboxylic acids is 2. The molecule has 11 heteroatoms. The van der Waals surface area contributed by atoms with Crippen LogP contribution in [0.3, 0.4) is 0 Å². The van der Waals surface area contributed by atoms with E-state index in [-0.39, 0.29) is 9.77 Å². The van der Waals surface area contributed by atoms with Crippen LogP contribution in [0.25, 0.3) is 0 Å². The molecule has 0 fully saturated rings. The maximum Gasteiger partial charge on any atom is 0.338 e. The summed E-state index contributed by atoms with van der Waals surface area (Å²) in [5.74, 6) is -4.87. The van der Waals surface area contributed by atoms with Crippen LogP contribution in [-0.4, -0.2) is 50.2 Å². The normalized spacial score (nSPS) is 12.6. The van der Waals surface area contributed by atoms with Gasteiger partial charge in [0.25, 0.3) is 0 Å². The van der Waals surface area contributed by atoms with E-state index in [0.717, 1.165) is 24.5 Å². The van der Waals surface area contributed by atoms with Gasteiger partial charge >= 0.3 is 17.9 Å². The molecule has 1 rings (SSSR count). The number of nitrogens with one attached hydrogen (secondary N) is 1. The van der Waals surface area contributed by atoms with Gasteiger partial charge in [-0.1, -0.05) is 0 Å². The number of hydrogen-bond acceptors (Lipinski definition) is 7. The van der Waals surface area contributed by atoms with Gasteiger partial charge in [0.15, 0.2) is 0 Å². The van der Waals surface area contributed by atoms with E-state index < -0.39 is 46.8 Å². The molecule has 1 aromatic rings. The second kappa shape index (κ2) is 7.33. The summed E-state index contributed by atoms with van der Waals surface area (Å²) < 4.78 is 30.2. The molecule has 0 aliphatic carbocycles. The highest BCUT2D eigenvalue weighted by Crippen LogP contribution is 2.21. The molecule has 0 aliphatic rings. The van der Waals surface area contributed by atoms with Crippen LogP contribution in [0.1, 0.15) is 16.8 Å². The number of ether oxygens (including phenoxy) is 1. The first kappa shape index (κ1) is 18.1. The van der Waals surface area contributed by atoms with Gasteiger partial charge in [0.05, 0.1) is 25.0 Å². The van der Waals surface area contributed by atoms with E-state index in [9.17, 15) is 22.8 Å². The molecule has 0 aliphatic heterocycles. The number of rotatable bonds is 8. The van der Waals surface area contributed by atoms with Crippen molar-refractivity contribution in [1.82, 2.24) is 4.72 Å². The van der Waals surface area contributed by atoms with Gasteiger partial charge in [0.2, 0.25) is 10.0 Å². The fourth-order valence-electron chi connectivity index (χ4n) is 1.42. The van der Waals surface area contributed by atoms with Crippen LogP contribution < -0.4 is 4.72 Å². The molecule has 122 valence electrons. The van der Waals surface area contributed by atoms with E-state index in [2.05, 4.69) is 4.74 Å². The van der Waals surface area contributed by atoms with Crippen molar-refractivity contribution >= 4 is 39.3 Å². The fraction of sp³-hybridized carbons (Fsp3) is 0.364. The maximum atomic E-state index is 12.0. The third-order valence-corrected chi connectivity index (χ3v) is 5.41. The van der Waals surface area contributed by atoms with Crippen molar-refractivity contribution in [3.63, 3.8) is 0 Å². The summed E-state index contributed by atoms with van der Waals surface area (Å²) in [4.78, 5) is 32.7. The molecule has 0 amide bonds. The monoisotopic (exact) mass is 351 g/mol. The van der Waals surface area contributed by atoms with Gasteiger partial charge in [-0.15, -0.1) is 11.3 Å². The second-order valence-electron chi connectivity index (χ2n) is 4.13. The number of sulfonamides is 1. The average Bonchev–Trinajstić information content (AvgIpc) is 2.92. The minimum atomic E-state index is -4.04. The molecule has 0 bridgehead atoms. The third-order valence-electron chi connectivity index (χ3n) is 2.55. The smallest absolute Gasteiger partial charge is 0.338 e. The zero-order valence-electron chi connectivity index (χ0n) is 11.3. The number of aliphatic carboxylic acids is 2. The third kappa shape index (κ3) is 4.79. The van der Waals surface area contributed by atoms with Crippen LogP contribution in [0.2, 0.25) is 0 Å². The molecule has 1 unspecified atom stereocenters. The Balaban J connectivity index is 2.82. The molecule has 0 saturated carbocycles. The lowest BCUT2D eigenvalue weighted by molar-refractivity contribution is -0.147. The first-order valence-electron chi connectivity index (χ1n) is 5.78. The predicted octanol–water partition coefficient (Wildman–Crippen LogP) is -0.0115. The zero-order valence-corrected chi connectivity index (χ0v) is 12.9. The van der Waals surface area contributed by atoms with Crippen molar-refractivity contribution < 1.29 is 37.8 Å². The minimum absolute atomic E-state index is 0.0493. The molecule has 1 heterocycles. The summed E-state index contributed by atoms with van der Waals surface area (Å²) in [6, 6.07) is 1.09. The molecule has 0 aromatic carbocycles. The van der Waals surface area contributed by atoms with Gasteiger partial charge in [-0.3, -0.25) is 9.59 Å². The number of hydrogen-bond donors (Lipinski definition) is 3. The van der Waals surface area contributed by atoms with Crippen molar-refractivity contribution in [3.8, 4) is 0 Å². The molecule has 0 saturated heterocycles. The van der Waals surface area contributed by atoms with Crippen LogP contribution in [0.5, 0.6) is 0 Å². The number of esters is 1. The fourth-order valence-corrected chi connectivity index (χ4v) is 3.70. The Hall–Kier alpha value is -1.98. The Bertz CT molecular complexity index is 678. The van der Waals surface area contributed by atoms with Crippen LogP contribution in [0, 0.1) is 5.92 Å². The molecule has 1 aromatic heterocycles. The topological polar surface area (TPSA) is 147 Å². The van der Waals surface area contributed by atoms with Crippen LogP contribution in [0.15, 0.2) is 15.7 Å². The Morgan fingerprint density at radius 1 is 1.36 bits per heavy atom. The largest absolute Gasteiger partial charge is 0.481 e. The van der Waals surface area contributed by atoms with Crippen molar-refractivity contribution in [1.29, 1.82) is 0 Å². The quantitative estimate of drug-likeness (QED) is 0.554. The number of carbonyl (C=O) groups excluding carboxylic acids is 1. The van der Waals surface area contributed by atoms with Crippen molar-refractivity contribution in [2.24, 2.45) is 5.92 Å². The molecule has 1 atom stereocenters. The van der Waals surface area contributed by atoms with E-state index in [0.29, 0.717) is 0 Å². The number of thiophene rings is 1. The lowest BCUT2D eigenvalue weighted by Gasteiger charge is -2.10. The molecule has 0 radical (unpaired) electrons. The van der Waals surface area contributed by atoms with Gasteiger partial charge in [-0.05, 0) is 6.07 Å². The standard InChI is InChI=1S/C11H13NO8S2/c1-20-11(17)7-3-9(21-5-7)22(18,19)12-4-6(10(15)16)2-8(13)14/h3,5-6,12H,2,4H2,1H3,(H,13,14)(H,15,16). The first-order chi connectivity index (χ1) is 10.2. The number of methoxy groups -OCH3 is 1. The van der Waals surface area contributed by atoms with E-state index in [1.54, 1.807) is 0 Å². The van der Waals surface area contributed by atoms with Crippen LogP contribution >= 0.6 is 11.3 Å². The van der Waals surface area contributed by atoms with Crippen molar-refractivity contribution in [3.05, 3.63) is 17.0 Å². The van der Waals surface area contributed by atoms with Gasteiger partial charge in [0, 0.05) is 11.9 Å². The summed E-state index contributed by atoms with van der Waals surface area (Å²) in [6.07, 6.45) is -0.713. The summed E-state index contributed by atoms with van der Waals surface area (Å²) in [5.41, 5.74) is 0.0493. The lowest BCUT2D eigenvalue weighted by atomic mass is 10.1. The Morgan fingerprint density at radius 2 is 2.00 bits per heavy atom. The second-order valence-corrected chi connectivity index (χ2v) is 7.04. The van der Waals surface area contributed by atoms with E-state index >= 15 is 0 Å². The number of carboxylic acid groups (broad SMARTS) is 2. The van der Waals surface area contributed by atoms with Crippen LogP contribution in [0.4, 0.5) is 0 Å². The van der Waals surface area contributed by atoms with E-state index in [4.69, 9.17) is 10.2 Å². The van der Waals surface area contributed by atoms with Crippen molar-refractivity contribution in [2.75, 3.05) is 13.7 Å². The highest BCUT2D eigenvalue weighted by molar-refractivity contribution is 7.91.